The molecule has 0 saturated carbocycles. The molecule has 0 bridgehead atoms. The Kier molecular flexibility index (Phi) is 4.73. The van der Waals surface area contributed by atoms with Gasteiger partial charge in [-0.15, -0.1) is 0 Å². The number of carbonyl (C=O) groups is 2. The van der Waals surface area contributed by atoms with Crippen molar-refractivity contribution in [1.82, 2.24) is 5.32 Å². The second-order valence-corrected chi connectivity index (χ2v) is 6.93. The summed E-state index contributed by atoms with van der Waals surface area (Å²) in [5.74, 6) is -1.36. The zero-order chi connectivity index (χ0) is 18.2. The number of rotatable bonds is 5. The van der Waals surface area contributed by atoms with Gasteiger partial charge in [0, 0.05) is 27.7 Å². The van der Waals surface area contributed by atoms with Crippen LogP contribution < -0.4 is 10.6 Å². The molecule has 3 rings (SSSR count). The predicted molar refractivity (Wildman–Crippen MR) is 97.1 cm³/mol. The van der Waals surface area contributed by atoms with E-state index in [1.807, 2.05) is 6.07 Å². The smallest absolute Gasteiger partial charge is 0.320 e. The van der Waals surface area contributed by atoms with Gasteiger partial charge in [-0.05, 0) is 36.8 Å². The minimum atomic E-state index is -1.22. The first-order chi connectivity index (χ1) is 11.8. The minimum Gasteiger partial charge on any atom is -0.480 e. The Morgan fingerprint density at radius 2 is 1.96 bits per heavy atom. The number of amides is 1. The molecule has 1 heterocycles. The zero-order valence-electron chi connectivity index (χ0n) is 13.3. The fourth-order valence-electron chi connectivity index (χ4n) is 3.10. The molecule has 130 valence electrons. The van der Waals surface area contributed by atoms with Gasteiger partial charge in [-0.25, -0.2) is 0 Å². The average molecular weight is 379 g/mol. The van der Waals surface area contributed by atoms with Crippen LogP contribution in [-0.2, 0) is 21.5 Å². The summed E-state index contributed by atoms with van der Waals surface area (Å²) in [6.07, 6.45) is 0.256. The van der Waals surface area contributed by atoms with Gasteiger partial charge in [-0.1, -0.05) is 41.4 Å². The van der Waals surface area contributed by atoms with Crippen molar-refractivity contribution >= 4 is 40.8 Å². The van der Waals surface area contributed by atoms with Gasteiger partial charge in [0.15, 0.2) is 0 Å². The number of hydrogen-bond donors (Lipinski definition) is 3. The molecule has 1 aliphatic rings. The number of hydrogen-bond acceptors (Lipinski definition) is 3. The Hall–Kier alpha value is -2.08. The molecule has 0 radical (unpaired) electrons. The van der Waals surface area contributed by atoms with Crippen LogP contribution in [0.1, 0.15) is 18.1 Å². The molecule has 1 unspecified atom stereocenters. The Morgan fingerprint density at radius 3 is 2.64 bits per heavy atom. The van der Waals surface area contributed by atoms with Gasteiger partial charge in [0.05, 0.1) is 0 Å². The van der Waals surface area contributed by atoms with E-state index in [0.29, 0.717) is 21.3 Å². The zero-order valence-corrected chi connectivity index (χ0v) is 14.9. The van der Waals surface area contributed by atoms with Crippen LogP contribution in [0, 0.1) is 0 Å². The van der Waals surface area contributed by atoms with E-state index < -0.39 is 17.6 Å². The molecule has 0 saturated heterocycles. The summed E-state index contributed by atoms with van der Waals surface area (Å²) in [7, 11) is 0. The van der Waals surface area contributed by atoms with E-state index in [1.165, 1.54) is 6.92 Å². The van der Waals surface area contributed by atoms with E-state index in [2.05, 4.69) is 10.6 Å². The summed E-state index contributed by atoms with van der Waals surface area (Å²) in [5, 5.41) is 16.1. The Morgan fingerprint density at radius 1 is 1.24 bits per heavy atom. The molecular weight excluding hydrogens is 363 g/mol. The highest BCUT2D eigenvalue weighted by atomic mass is 35.5. The van der Waals surface area contributed by atoms with Crippen molar-refractivity contribution in [2.75, 3.05) is 5.32 Å². The molecule has 0 aromatic heterocycles. The van der Waals surface area contributed by atoms with Crippen LogP contribution in [-0.4, -0.2) is 23.0 Å². The number of halogens is 2. The number of carboxylic acid groups (broad SMARTS) is 1. The Bertz CT molecular complexity index is 856. The molecule has 1 amide bonds. The molecule has 2 aromatic rings. The number of carbonyl (C=O) groups excluding carboxylic acids is 1. The van der Waals surface area contributed by atoms with Gasteiger partial charge in [-0.2, -0.15) is 0 Å². The molecule has 3 N–H and O–H groups in total. The first kappa shape index (κ1) is 17.7. The van der Waals surface area contributed by atoms with Gasteiger partial charge in [0.1, 0.15) is 11.6 Å². The lowest BCUT2D eigenvalue weighted by atomic mass is 9.84. The monoisotopic (exact) mass is 378 g/mol. The van der Waals surface area contributed by atoms with Crippen molar-refractivity contribution in [3.8, 4) is 0 Å². The van der Waals surface area contributed by atoms with E-state index in [9.17, 15) is 14.7 Å². The third-order valence-electron chi connectivity index (χ3n) is 4.27. The lowest BCUT2D eigenvalue weighted by Gasteiger charge is -2.31. The SMILES string of the molecule is C[C@H](NC1(Cc2cccc(Cl)c2)C(=O)Nc2cc(Cl)ccc21)C(=O)O. The van der Waals surface area contributed by atoms with Crippen LogP contribution >= 0.6 is 23.2 Å². The van der Waals surface area contributed by atoms with Gasteiger partial charge >= 0.3 is 5.97 Å². The van der Waals surface area contributed by atoms with Crippen LogP contribution in [0.5, 0.6) is 0 Å². The summed E-state index contributed by atoms with van der Waals surface area (Å²) >= 11 is 12.1. The maximum absolute atomic E-state index is 12.9. The maximum Gasteiger partial charge on any atom is 0.320 e. The molecule has 0 fully saturated rings. The number of carboxylic acids is 1. The van der Waals surface area contributed by atoms with Crippen LogP contribution in [0.4, 0.5) is 5.69 Å². The minimum absolute atomic E-state index is 0.256. The Balaban J connectivity index is 2.10. The molecule has 7 heteroatoms. The summed E-state index contributed by atoms with van der Waals surface area (Å²) in [6, 6.07) is 11.3. The number of nitrogens with one attached hydrogen (secondary N) is 2. The van der Waals surface area contributed by atoms with Crippen LogP contribution in [0.25, 0.3) is 0 Å². The highest BCUT2D eigenvalue weighted by Crippen LogP contribution is 2.40. The van der Waals surface area contributed by atoms with Gasteiger partial charge in [0.25, 0.3) is 0 Å². The summed E-state index contributed by atoms with van der Waals surface area (Å²) in [5.41, 5.74) is 0.831. The first-order valence-corrected chi connectivity index (χ1v) is 8.44. The van der Waals surface area contributed by atoms with Crippen LogP contribution in [0.15, 0.2) is 42.5 Å². The van der Waals surface area contributed by atoms with E-state index in [1.54, 1.807) is 36.4 Å². The molecular formula is C18H16Cl2N2O3. The van der Waals surface area contributed by atoms with Gasteiger partial charge in [-0.3, -0.25) is 14.9 Å². The third-order valence-corrected chi connectivity index (χ3v) is 4.74. The largest absolute Gasteiger partial charge is 0.480 e. The average Bonchev–Trinajstić information content (AvgIpc) is 2.78. The van der Waals surface area contributed by atoms with Crippen molar-refractivity contribution < 1.29 is 14.7 Å². The lowest BCUT2D eigenvalue weighted by Crippen LogP contribution is -2.55. The number of anilines is 1. The van der Waals surface area contributed by atoms with E-state index in [4.69, 9.17) is 23.2 Å². The first-order valence-electron chi connectivity index (χ1n) is 7.68. The summed E-state index contributed by atoms with van der Waals surface area (Å²) in [4.78, 5) is 24.2. The highest BCUT2D eigenvalue weighted by Gasteiger charge is 2.48. The quantitative estimate of drug-likeness (QED) is 0.744. The van der Waals surface area contributed by atoms with Crippen molar-refractivity contribution in [1.29, 1.82) is 0 Å². The molecule has 1 aliphatic heterocycles. The van der Waals surface area contributed by atoms with E-state index in [-0.39, 0.29) is 12.3 Å². The third kappa shape index (κ3) is 3.35. The summed E-state index contributed by atoms with van der Waals surface area (Å²) in [6.45, 7) is 1.50. The topological polar surface area (TPSA) is 78.4 Å². The fourth-order valence-corrected chi connectivity index (χ4v) is 3.48. The second-order valence-electron chi connectivity index (χ2n) is 6.06. The van der Waals surface area contributed by atoms with Gasteiger partial charge in [0.2, 0.25) is 5.91 Å². The molecule has 2 aromatic carbocycles. The van der Waals surface area contributed by atoms with Crippen molar-refractivity contribution in [2.45, 2.75) is 24.9 Å². The van der Waals surface area contributed by atoms with Crippen molar-refractivity contribution in [3.63, 3.8) is 0 Å². The molecule has 2 atom stereocenters. The molecule has 5 nitrogen and oxygen atoms in total. The van der Waals surface area contributed by atoms with Crippen LogP contribution in [0.3, 0.4) is 0 Å². The number of benzene rings is 2. The maximum atomic E-state index is 12.9. The van der Waals surface area contributed by atoms with Gasteiger partial charge < -0.3 is 10.4 Å². The summed E-state index contributed by atoms with van der Waals surface area (Å²) < 4.78 is 0. The van der Waals surface area contributed by atoms with Crippen molar-refractivity contribution in [2.24, 2.45) is 0 Å². The molecule has 0 aliphatic carbocycles. The van der Waals surface area contributed by atoms with E-state index in [0.717, 1.165) is 5.56 Å². The fraction of sp³-hybridized carbons (Fsp3) is 0.222. The second kappa shape index (κ2) is 6.67. The molecule has 0 spiro atoms. The lowest BCUT2D eigenvalue weighted by molar-refractivity contribution is -0.140. The number of aliphatic carboxylic acids is 1. The van der Waals surface area contributed by atoms with E-state index >= 15 is 0 Å². The van der Waals surface area contributed by atoms with Crippen molar-refractivity contribution in [3.05, 3.63) is 63.6 Å². The standard InChI is InChI=1S/C18H16Cl2N2O3/c1-10(16(23)24)22-18(9-11-3-2-4-12(19)7-11)14-6-5-13(20)8-15(14)21-17(18)25/h2-8,10,22H,9H2,1H3,(H,21,25)(H,23,24)/t10-,18?/m0/s1. The number of fused-ring (bicyclic) bond motifs is 1. The van der Waals surface area contributed by atoms with Crippen LogP contribution in [0.2, 0.25) is 10.0 Å². The normalized spacial score (nSPS) is 20.0. The Labute approximate surface area is 154 Å². The predicted octanol–water partition coefficient (Wildman–Crippen LogP) is 3.45. The molecule has 25 heavy (non-hydrogen) atoms. The highest BCUT2D eigenvalue weighted by molar-refractivity contribution is 6.31.